The Hall–Kier alpha value is -0.450. The standard InChI is InChI=1S/C13H18BrFO2/c1-3-16-9-10(2)17-13(8-14)11-4-6-12(15)7-5-11/h4-7,10,13H,3,8-9H2,1-2H3. The topological polar surface area (TPSA) is 18.5 Å². The van der Waals surface area contributed by atoms with Crippen molar-refractivity contribution in [2.75, 3.05) is 18.5 Å². The van der Waals surface area contributed by atoms with Crippen LogP contribution in [0.5, 0.6) is 0 Å². The van der Waals surface area contributed by atoms with Crippen LogP contribution in [0.2, 0.25) is 0 Å². The number of rotatable bonds is 7. The van der Waals surface area contributed by atoms with E-state index in [2.05, 4.69) is 15.9 Å². The number of hydrogen-bond donors (Lipinski definition) is 0. The van der Waals surface area contributed by atoms with Gasteiger partial charge in [-0.3, -0.25) is 0 Å². The molecule has 1 aromatic rings. The van der Waals surface area contributed by atoms with E-state index in [1.165, 1.54) is 12.1 Å². The quantitative estimate of drug-likeness (QED) is 0.715. The van der Waals surface area contributed by atoms with Crippen LogP contribution in [0.3, 0.4) is 0 Å². The summed E-state index contributed by atoms with van der Waals surface area (Å²) >= 11 is 3.41. The molecule has 4 heteroatoms. The summed E-state index contributed by atoms with van der Waals surface area (Å²) in [6.07, 6.45) is -0.0615. The minimum absolute atomic E-state index is 0.0163. The third kappa shape index (κ3) is 5.15. The van der Waals surface area contributed by atoms with E-state index in [-0.39, 0.29) is 18.0 Å². The van der Waals surface area contributed by atoms with E-state index >= 15 is 0 Å². The van der Waals surface area contributed by atoms with Gasteiger partial charge < -0.3 is 9.47 Å². The van der Waals surface area contributed by atoms with Gasteiger partial charge >= 0.3 is 0 Å². The van der Waals surface area contributed by atoms with Crippen molar-refractivity contribution in [3.05, 3.63) is 35.6 Å². The van der Waals surface area contributed by atoms with Crippen LogP contribution < -0.4 is 0 Å². The first kappa shape index (κ1) is 14.6. The van der Waals surface area contributed by atoms with Crippen LogP contribution in [0, 0.1) is 5.82 Å². The summed E-state index contributed by atoms with van der Waals surface area (Å²) in [5.41, 5.74) is 0.964. The number of benzene rings is 1. The molecule has 0 spiro atoms. The largest absolute Gasteiger partial charge is 0.379 e. The highest BCUT2D eigenvalue weighted by Gasteiger charge is 2.14. The molecule has 2 unspecified atom stereocenters. The second kappa shape index (κ2) is 7.80. The van der Waals surface area contributed by atoms with E-state index in [0.29, 0.717) is 18.5 Å². The number of hydrogen-bond acceptors (Lipinski definition) is 2. The third-order valence-electron chi connectivity index (χ3n) is 2.34. The first-order valence-corrected chi connectivity index (χ1v) is 6.84. The van der Waals surface area contributed by atoms with Crippen LogP contribution in [0.15, 0.2) is 24.3 Å². The van der Waals surface area contributed by atoms with Crippen LogP contribution in [-0.2, 0) is 9.47 Å². The van der Waals surface area contributed by atoms with E-state index in [9.17, 15) is 4.39 Å². The van der Waals surface area contributed by atoms with Gasteiger partial charge in [-0.1, -0.05) is 28.1 Å². The van der Waals surface area contributed by atoms with Crippen molar-refractivity contribution in [3.63, 3.8) is 0 Å². The van der Waals surface area contributed by atoms with Crippen molar-refractivity contribution in [2.24, 2.45) is 0 Å². The highest BCUT2D eigenvalue weighted by atomic mass is 79.9. The van der Waals surface area contributed by atoms with Gasteiger partial charge in [0.2, 0.25) is 0 Å². The zero-order valence-electron chi connectivity index (χ0n) is 10.2. The molecule has 0 aromatic heterocycles. The molecule has 0 aliphatic carbocycles. The average molecular weight is 305 g/mol. The fourth-order valence-corrected chi connectivity index (χ4v) is 2.01. The molecule has 0 saturated carbocycles. The summed E-state index contributed by atoms with van der Waals surface area (Å²) in [6, 6.07) is 6.38. The summed E-state index contributed by atoms with van der Waals surface area (Å²) in [5.74, 6) is -0.232. The summed E-state index contributed by atoms with van der Waals surface area (Å²) in [4.78, 5) is 0. The van der Waals surface area contributed by atoms with Crippen molar-refractivity contribution in [1.29, 1.82) is 0 Å². The zero-order valence-corrected chi connectivity index (χ0v) is 11.7. The Labute approximate surface area is 110 Å². The Morgan fingerprint density at radius 1 is 1.29 bits per heavy atom. The third-order valence-corrected chi connectivity index (χ3v) is 2.92. The van der Waals surface area contributed by atoms with Gasteiger partial charge in [-0.05, 0) is 31.5 Å². The van der Waals surface area contributed by atoms with Crippen molar-refractivity contribution >= 4 is 15.9 Å². The van der Waals surface area contributed by atoms with Crippen molar-refractivity contribution in [3.8, 4) is 0 Å². The van der Waals surface area contributed by atoms with Crippen molar-refractivity contribution < 1.29 is 13.9 Å². The van der Waals surface area contributed by atoms with Crippen LogP contribution >= 0.6 is 15.9 Å². The van der Waals surface area contributed by atoms with Gasteiger partial charge in [0.05, 0.1) is 18.8 Å². The molecule has 0 N–H and O–H groups in total. The lowest BCUT2D eigenvalue weighted by atomic mass is 10.1. The lowest BCUT2D eigenvalue weighted by molar-refractivity contribution is -0.0383. The second-order valence-electron chi connectivity index (χ2n) is 3.80. The summed E-state index contributed by atoms with van der Waals surface area (Å²) in [7, 11) is 0. The zero-order chi connectivity index (χ0) is 12.7. The first-order valence-electron chi connectivity index (χ1n) is 5.72. The van der Waals surface area contributed by atoms with Gasteiger partial charge in [0, 0.05) is 11.9 Å². The lowest BCUT2D eigenvalue weighted by Gasteiger charge is -2.21. The molecule has 0 aliphatic rings. The van der Waals surface area contributed by atoms with Gasteiger partial charge in [0.15, 0.2) is 0 Å². The predicted molar refractivity (Wildman–Crippen MR) is 70.0 cm³/mol. The van der Waals surface area contributed by atoms with Gasteiger partial charge in [0.1, 0.15) is 5.82 Å². The molecule has 0 aliphatic heterocycles. The van der Waals surface area contributed by atoms with Gasteiger partial charge in [-0.25, -0.2) is 4.39 Å². The van der Waals surface area contributed by atoms with Crippen molar-refractivity contribution in [1.82, 2.24) is 0 Å². The SMILES string of the molecule is CCOCC(C)OC(CBr)c1ccc(F)cc1. The summed E-state index contributed by atoms with van der Waals surface area (Å²) < 4.78 is 23.9. The minimum Gasteiger partial charge on any atom is -0.379 e. The van der Waals surface area contributed by atoms with Crippen LogP contribution in [0.1, 0.15) is 25.5 Å². The molecule has 17 heavy (non-hydrogen) atoms. The molecule has 2 nitrogen and oxygen atoms in total. The maximum atomic E-state index is 12.8. The normalized spacial score (nSPS) is 14.6. The molecule has 0 amide bonds. The first-order chi connectivity index (χ1) is 8.17. The Morgan fingerprint density at radius 3 is 2.47 bits per heavy atom. The molecule has 0 saturated heterocycles. The molecule has 0 fully saturated rings. The minimum atomic E-state index is -0.232. The van der Waals surface area contributed by atoms with E-state index in [4.69, 9.17) is 9.47 Å². The van der Waals surface area contributed by atoms with E-state index in [1.54, 1.807) is 12.1 Å². The van der Waals surface area contributed by atoms with Crippen LogP contribution in [-0.4, -0.2) is 24.6 Å². The Balaban J connectivity index is 2.56. The Morgan fingerprint density at radius 2 is 1.94 bits per heavy atom. The predicted octanol–water partition coefficient (Wildman–Crippen LogP) is 3.70. The molecule has 0 bridgehead atoms. The maximum Gasteiger partial charge on any atom is 0.123 e. The molecule has 1 aromatic carbocycles. The number of halogens is 2. The lowest BCUT2D eigenvalue weighted by Crippen LogP contribution is -2.20. The Kier molecular flexibility index (Phi) is 6.70. The molecular weight excluding hydrogens is 287 g/mol. The van der Waals surface area contributed by atoms with Crippen LogP contribution in [0.25, 0.3) is 0 Å². The van der Waals surface area contributed by atoms with E-state index in [0.717, 1.165) is 5.56 Å². The number of alkyl halides is 1. The second-order valence-corrected chi connectivity index (χ2v) is 4.45. The monoisotopic (exact) mass is 304 g/mol. The van der Waals surface area contributed by atoms with E-state index < -0.39 is 0 Å². The molecule has 0 radical (unpaired) electrons. The summed E-state index contributed by atoms with van der Waals surface area (Å²) in [5, 5.41) is 0.676. The smallest absolute Gasteiger partial charge is 0.123 e. The number of ether oxygens (including phenoxy) is 2. The molecule has 0 heterocycles. The molecule has 1 rings (SSSR count). The van der Waals surface area contributed by atoms with E-state index in [1.807, 2.05) is 13.8 Å². The van der Waals surface area contributed by atoms with Gasteiger partial charge in [0.25, 0.3) is 0 Å². The molecule has 96 valence electrons. The Bertz CT molecular complexity index is 316. The molecule has 2 atom stereocenters. The highest BCUT2D eigenvalue weighted by Crippen LogP contribution is 2.21. The molecular formula is C13H18BrFO2. The average Bonchev–Trinajstić information content (AvgIpc) is 2.34. The maximum absolute atomic E-state index is 12.8. The van der Waals surface area contributed by atoms with Crippen molar-refractivity contribution in [2.45, 2.75) is 26.1 Å². The van der Waals surface area contributed by atoms with Gasteiger partial charge in [-0.15, -0.1) is 0 Å². The highest BCUT2D eigenvalue weighted by molar-refractivity contribution is 9.09. The van der Waals surface area contributed by atoms with Crippen LogP contribution in [0.4, 0.5) is 4.39 Å². The fourth-order valence-electron chi connectivity index (χ4n) is 1.48. The summed E-state index contributed by atoms with van der Waals surface area (Å²) in [6.45, 7) is 5.17. The fraction of sp³-hybridized carbons (Fsp3) is 0.538. The van der Waals surface area contributed by atoms with Gasteiger partial charge in [-0.2, -0.15) is 0 Å².